The molecule has 0 N–H and O–H groups in total. The van der Waals surface area contributed by atoms with Gasteiger partial charge in [0.25, 0.3) is 5.91 Å². The summed E-state index contributed by atoms with van der Waals surface area (Å²) in [5.41, 5.74) is 1.09. The van der Waals surface area contributed by atoms with Crippen molar-refractivity contribution in [2.75, 3.05) is 6.61 Å². The van der Waals surface area contributed by atoms with Crippen molar-refractivity contribution in [3.63, 3.8) is 0 Å². The van der Waals surface area contributed by atoms with Crippen LogP contribution in [-0.4, -0.2) is 28.5 Å². The van der Waals surface area contributed by atoms with Crippen LogP contribution in [0.5, 0.6) is 0 Å². The molecule has 122 valence electrons. The highest BCUT2D eigenvalue weighted by molar-refractivity contribution is 7.11. The maximum atomic E-state index is 12.9. The molecule has 3 rings (SSSR count). The molecule has 1 amide bonds. The minimum Gasteiger partial charge on any atom is -0.368 e. The van der Waals surface area contributed by atoms with Crippen LogP contribution in [0.1, 0.15) is 34.6 Å². The number of hydrogen-bond donors (Lipinski definition) is 0. The van der Waals surface area contributed by atoms with Gasteiger partial charge in [0.2, 0.25) is 0 Å². The zero-order chi connectivity index (χ0) is 16.1. The summed E-state index contributed by atoms with van der Waals surface area (Å²) in [7, 11) is 0. The van der Waals surface area contributed by atoms with Gasteiger partial charge in [0.15, 0.2) is 0 Å². The summed E-state index contributed by atoms with van der Waals surface area (Å²) in [5, 5.41) is 0. The third-order valence-corrected chi connectivity index (χ3v) is 5.02. The predicted molar refractivity (Wildman–Crippen MR) is 91.1 cm³/mol. The van der Waals surface area contributed by atoms with Gasteiger partial charge in [0.1, 0.15) is 6.10 Å². The number of ether oxygens (including phenoxy) is 1. The number of aromatic nitrogens is 1. The van der Waals surface area contributed by atoms with Crippen molar-refractivity contribution < 1.29 is 9.53 Å². The van der Waals surface area contributed by atoms with Crippen molar-refractivity contribution in [1.82, 2.24) is 9.88 Å². The average Bonchev–Trinajstić information content (AvgIpc) is 3.00. The molecule has 0 unspecified atom stereocenters. The van der Waals surface area contributed by atoms with Gasteiger partial charge < -0.3 is 9.64 Å². The van der Waals surface area contributed by atoms with E-state index < -0.39 is 0 Å². The Hall–Kier alpha value is -1.72. The van der Waals surface area contributed by atoms with E-state index in [9.17, 15) is 4.79 Å². The van der Waals surface area contributed by atoms with Crippen LogP contribution in [0.15, 0.2) is 36.7 Å². The van der Waals surface area contributed by atoms with Crippen LogP contribution < -0.4 is 0 Å². The first-order valence-corrected chi connectivity index (χ1v) is 8.88. The Morgan fingerprint density at radius 1 is 1.26 bits per heavy atom. The predicted octanol–water partition coefficient (Wildman–Crippen LogP) is 3.55. The van der Waals surface area contributed by atoms with E-state index in [2.05, 4.69) is 24.0 Å². The molecule has 4 nitrogen and oxygen atoms in total. The lowest BCUT2D eigenvalue weighted by Gasteiger charge is -2.29. The van der Waals surface area contributed by atoms with E-state index in [4.69, 9.17) is 4.74 Å². The molecule has 0 saturated carbocycles. The molecule has 1 fully saturated rings. The molecule has 0 radical (unpaired) electrons. The van der Waals surface area contributed by atoms with Gasteiger partial charge in [-0.25, -0.2) is 0 Å². The highest BCUT2D eigenvalue weighted by Gasteiger charge is 2.27. The molecule has 2 aromatic rings. The Labute approximate surface area is 141 Å². The highest BCUT2D eigenvalue weighted by atomic mass is 32.1. The van der Waals surface area contributed by atoms with Crippen molar-refractivity contribution in [3.05, 3.63) is 52.0 Å². The zero-order valence-electron chi connectivity index (χ0n) is 13.4. The number of carbonyl (C=O) groups is 1. The third-order valence-electron chi connectivity index (χ3n) is 4.03. The Morgan fingerprint density at radius 3 is 2.74 bits per heavy atom. The summed E-state index contributed by atoms with van der Waals surface area (Å²) in [6.07, 6.45) is 6.20. The molecule has 0 bridgehead atoms. The van der Waals surface area contributed by atoms with E-state index >= 15 is 0 Å². The highest BCUT2D eigenvalue weighted by Crippen LogP contribution is 2.21. The van der Waals surface area contributed by atoms with Crippen LogP contribution in [0.4, 0.5) is 0 Å². The van der Waals surface area contributed by atoms with Crippen LogP contribution in [-0.2, 0) is 22.6 Å². The van der Waals surface area contributed by atoms with Gasteiger partial charge in [-0.15, -0.1) is 11.3 Å². The third kappa shape index (κ3) is 4.39. The SMILES string of the molecule is Cc1ccc(CN(Cc2ccncc2)C(=O)[C@@H]2CCCCO2)s1. The smallest absolute Gasteiger partial charge is 0.252 e. The van der Waals surface area contributed by atoms with Gasteiger partial charge in [0.05, 0.1) is 6.54 Å². The Kier molecular flexibility index (Phi) is 5.41. The molecule has 2 aromatic heterocycles. The van der Waals surface area contributed by atoms with Crippen molar-refractivity contribution in [2.24, 2.45) is 0 Å². The van der Waals surface area contributed by atoms with Crippen LogP contribution in [0.25, 0.3) is 0 Å². The first-order chi connectivity index (χ1) is 11.2. The standard InChI is InChI=1S/C18H22N2O2S/c1-14-5-6-16(23-14)13-20(12-15-7-9-19-10-8-15)18(21)17-4-2-3-11-22-17/h5-10,17H,2-4,11-13H2,1H3/t17-/m0/s1. The maximum Gasteiger partial charge on any atom is 0.252 e. The molecule has 5 heteroatoms. The van der Waals surface area contributed by atoms with E-state index in [1.54, 1.807) is 23.7 Å². The normalized spacial score (nSPS) is 17.9. The molecule has 1 aliphatic rings. The van der Waals surface area contributed by atoms with Crippen molar-refractivity contribution in [1.29, 1.82) is 0 Å². The number of aryl methyl sites for hydroxylation is 1. The number of hydrogen-bond acceptors (Lipinski definition) is 4. The fourth-order valence-corrected chi connectivity index (χ4v) is 3.72. The minimum atomic E-state index is -0.286. The zero-order valence-corrected chi connectivity index (χ0v) is 14.2. The van der Waals surface area contributed by atoms with E-state index in [0.29, 0.717) is 19.7 Å². The van der Waals surface area contributed by atoms with E-state index in [1.807, 2.05) is 17.0 Å². The molecule has 23 heavy (non-hydrogen) atoms. The summed E-state index contributed by atoms with van der Waals surface area (Å²) in [4.78, 5) is 21.3. The van der Waals surface area contributed by atoms with Crippen LogP contribution in [0.2, 0.25) is 0 Å². The number of rotatable bonds is 5. The second kappa shape index (κ2) is 7.70. The molecule has 1 saturated heterocycles. The second-order valence-electron chi connectivity index (χ2n) is 5.92. The number of nitrogens with zero attached hydrogens (tertiary/aromatic N) is 2. The second-order valence-corrected chi connectivity index (χ2v) is 7.29. The van der Waals surface area contributed by atoms with E-state index in [-0.39, 0.29) is 12.0 Å². The van der Waals surface area contributed by atoms with Crippen LogP contribution >= 0.6 is 11.3 Å². The molecule has 0 spiro atoms. The van der Waals surface area contributed by atoms with E-state index in [1.165, 1.54) is 9.75 Å². The summed E-state index contributed by atoms with van der Waals surface area (Å²) in [6, 6.07) is 8.13. The largest absolute Gasteiger partial charge is 0.368 e. The van der Waals surface area contributed by atoms with Gasteiger partial charge in [-0.05, 0) is 56.0 Å². The maximum absolute atomic E-state index is 12.9. The molecule has 1 aliphatic heterocycles. The number of pyridine rings is 1. The number of carbonyl (C=O) groups excluding carboxylic acids is 1. The van der Waals surface area contributed by atoms with Crippen LogP contribution in [0, 0.1) is 6.92 Å². The molecular weight excluding hydrogens is 308 g/mol. The lowest BCUT2D eigenvalue weighted by atomic mass is 10.1. The lowest BCUT2D eigenvalue weighted by Crippen LogP contribution is -2.41. The van der Waals surface area contributed by atoms with Gasteiger partial charge in [0, 0.05) is 35.3 Å². The van der Waals surface area contributed by atoms with Gasteiger partial charge in [-0.1, -0.05) is 0 Å². The summed E-state index contributed by atoms with van der Waals surface area (Å²) >= 11 is 1.74. The van der Waals surface area contributed by atoms with Gasteiger partial charge in [-0.2, -0.15) is 0 Å². The summed E-state index contributed by atoms with van der Waals surface area (Å²) in [6.45, 7) is 4.02. The number of thiophene rings is 1. The molecule has 1 atom stereocenters. The number of amides is 1. The quantitative estimate of drug-likeness (QED) is 0.842. The monoisotopic (exact) mass is 330 g/mol. The average molecular weight is 330 g/mol. The summed E-state index contributed by atoms with van der Waals surface area (Å²) in [5.74, 6) is 0.104. The van der Waals surface area contributed by atoms with Gasteiger partial charge >= 0.3 is 0 Å². The first kappa shape index (κ1) is 16.1. The topological polar surface area (TPSA) is 42.4 Å². The molecule has 0 aliphatic carbocycles. The van der Waals surface area contributed by atoms with Crippen molar-refractivity contribution in [2.45, 2.75) is 45.4 Å². The van der Waals surface area contributed by atoms with Crippen molar-refractivity contribution in [3.8, 4) is 0 Å². The van der Waals surface area contributed by atoms with Crippen LogP contribution in [0.3, 0.4) is 0 Å². The first-order valence-electron chi connectivity index (χ1n) is 8.07. The Morgan fingerprint density at radius 2 is 2.09 bits per heavy atom. The van der Waals surface area contributed by atoms with Crippen molar-refractivity contribution >= 4 is 17.2 Å². The van der Waals surface area contributed by atoms with Gasteiger partial charge in [-0.3, -0.25) is 9.78 Å². The molecule has 0 aromatic carbocycles. The summed E-state index contributed by atoms with van der Waals surface area (Å²) < 4.78 is 5.70. The fourth-order valence-electron chi connectivity index (χ4n) is 2.82. The Bertz CT molecular complexity index is 635. The lowest BCUT2D eigenvalue weighted by molar-refractivity contribution is -0.147. The van der Waals surface area contributed by atoms with E-state index in [0.717, 1.165) is 24.8 Å². The molecule has 3 heterocycles. The minimum absolute atomic E-state index is 0.104. The Balaban J connectivity index is 1.75. The fraction of sp³-hybridized carbons (Fsp3) is 0.444. The molecular formula is C18H22N2O2S.